The monoisotopic (exact) mass is 420 g/mol. The third-order valence-electron chi connectivity index (χ3n) is 5.78. The number of aliphatic hydroxyl groups is 2. The Bertz CT molecular complexity index is 540. The third kappa shape index (κ3) is 14.6. The summed E-state index contributed by atoms with van der Waals surface area (Å²) >= 11 is 0. The molecule has 0 aliphatic rings. The molecule has 0 fully saturated rings. The van der Waals surface area contributed by atoms with Crippen molar-refractivity contribution in [2.45, 2.75) is 122 Å². The number of rotatable bonds is 19. The summed E-state index contributed by atoms with van der Waals surface area (Å²) in [6, 6.07) is 6.83. The maximum atomic E-state index is 12.0. The number of phenolic OH excluding ortho intramolecular Hbond substituents is 1. The van der Waals surface area contributed by atoms with E-state index in [1.807, 2.05) is 0 Å². The van der Waals surface area contributed by atoms with Crippen molar-refractivity contribution in [2.75, 3.05) is 0 Å². The molecule has 4 nitrogen and oxygen atoms in total. The van der Waals surface area contributed by atoms with Gasteiger partial charge in [-0.25, -0.2) is 0 Å². The quantitative estimate of drug-likeness (QED) is 0.236. The van der Waals surface area contributed by atoms with E-state index in [2.05, 4.69) is 6.92 Å². The molecular formula is C26H44O4. The van der Waals surface area contributed by atoms with E-state index in [1.54, 1.807) is 24.3 Å². The average Bonchev–Trinajstić information content (AvgIpc) is 2.71. The van der Waals surface area contributed by atoms with Gasteiger partial charge in [-0.1, -0.05) is 89.7 Å². The summed E-state index contributed by atoms with van der Waals surface area (Å²) in [7, 11) is 0. The zero-order chi connectivity index (χ0) is 22.0. The molecule has 1 aromatic rings. The first kappa shape index (κ1) is 26.6. The number of aromatic hydroxyl groups is 1. The number of Topliss-reactive ketones (excluding diaryl/α,β-unsaturated/α-hetero) is 1. The molecule has 0 saturated carbocycles. The largest absolute Gasteiger partial charge is 0.508 e. The van der Waals surface area contributed by atoms with Crippen LogP contribution in [0.3, 0.4) is 0 Å². The summed E-state index contributed by atoms with van der Waals surface area (Å²) in [6.45, 7) is 2.25. The van der Waals surface area contributed by atoms with E-state index in [0.717, 1.165) is 18.4 Å². The van der Waals surface area contributed by atoms with Crippen LogP contribution in [0.4, 0.5) is 0 Å². The lowest BCUT2D eigenvalue weighted by atomic mass is 9.98. The van der Waals surface area contributed by atoms with Crippen molar-refractivity contribution in [3.8, 4) is 5.75 Å². The third-order valence-corrected chi connectivity index (χ3v) is 5.78. The average molecular weight is 421 g/mol. The van der Waals surface area contributed by atoms with Crippen molar-refractivity contribution in [3.63, 3.8) is 0 Å². The Balaban J connectivity index is 1.98. The molecule has 0 bridgehead atoms. The zero-order valence-electron chi connectivity index (χ0n) is 19.0. The van der Waals surface area contributed by atoms with Crippen LogP contribution in [0.1, 0.15) is 109 Å². The van der Waals surface area contributed by atoms with Crippen molar-refractivity contribution in [3.05, 3.63) is 29.8 Å². The predicted octanol–water partition coefficient (Wildman–Crippen LogP) is 6.10. The molecular weight excluding hydrogens is 376 g/mol. The van der Waals surface area contributed by atoms with Crippen LogP contribution in [-0.2, 0) is 11.2 Å². The van der Waals surface area contributed by atoms with E-state index in [1.165, 1.54) is 57.8 Å². The van der Waals surface area contributed by atoms with Gasteiger partial charge in [0.05, 0.1) is 12.2 Å². The van der Waals surface area contributed by atoms with Crippen molar-refractivity contribution < 1.29 is 20.1 Å². The van der Waals surface area contributed by atoms with E-state index in [4.69, 9.17) is 0 Å². The van der Waals surface area contributed by atoms with Gasteiger partial charge in [0.25, 0.3) is 0 Å². The second kappa shape index (κ2) is 17.3. The smallest absolute Gasteiger partial charge is 0.135 e. The highest BCUT2D eigenvalue weighted by Gasteiger charge is 2.15. The highest BCUT2D eigenvalue weighted by Crippen LogP contribution is 2.16. The first-order valence-corrected chi connectivity index (χ1v) is 12.2. The molecule has 0 unspecified atom stereocenters. The number of aryl methyl sites for hydroxylation is 1. The van der Waals surface area contributed by atoms with Crippen molar-refractivity contribution in [2.24, 2.45) is 0 Å². The molecule has 0 heterocycles. The van der Waals surface area contributed by atoms with Crippen molar-refractivity contribution in [1.29, 1.82) is 0 Å². The summed E-state index contributed by atoms with van der Waals surface area (Å²) in [5.74, 6) is 0.227. The number of carbonyl (C=O) groups excluding carboxylic acids is 1. The summed E-state index contributed by atoms with van der Waals surface area (Å²) < 4.78 is 0. The van der Waals surface area contributed by atoms with Gasteiger partial charge in [0.2, 0.25) is 0 Å². The first-order valence-electron chi connectivity index (χ1n) is 12.2. The van der Waals surface area contributed by atoms with Gasteiger partial charge in [-0.15, -0.1) is 0 Å². The van der Waals surface area contributed by atoms with Crippen LogP contribution in [0.5, 0.6) is 5.75 Å². The highest BCUT2D eigenvalue weighted by molar-refractivity contribution is 5.79. The van der Waals surface area contributed by atoms with Gasteiger partial charge < -0.3 is 15.3 Å². The van der Waals surface area contributed by atoms with E-state index in [-0.39, 0.29) is 24.4 Å². The van der Waals surface area contributed by atoms with Crippen molar-refractivity contribution in [1.82, 2.24) is 0 Å². The molecule has 0 aromatic heterocycles. The predicted molar refractivity (Wildman–Crippen MR) is 124 cm³/mol. The van der Waals surface area contributed by atoms with Crippen LogP contribution >= 0.6 is 0 Å². The Labute approximate surface area is 183 Å². The maximum Gasteiger partial charge on any atom is 0.135 e. The van der Waals surface area contributed by atoms with Gasteiger partial charge >= 0.3 is 0 Å². The Kier molecular flexibility index (Phi) is 15.4. The van der Waals surface area contributed by atoms with Crippen LogP contribution in [0, 0.1) is 0 Å². The minimum absolute atomic E-state index is 0.0115. The van der Waals surface area contributed by atoms with Crippen LogP contribution in [0.15, 0.2) is 24.3 Å². The number of phenols is 1. The van der Waals surface area contributed by atoms with Crippen LogP contribution in [0.2, 0.25) is 0 Å². The van der Waals surface area contributed by atoms with Crippen LogP contribution < -0.4 is 0 Å². The summed E-state index contributed by atoms with van der Waals surface area (Å²) in [5, 5.41) is 29.5. The topological polar surface area (TPSA) is 77.8 Å². The fourth-order valence-corrected chi connectivity index (χ4v) is 3.87. The number of benzene rings is 1. The van der Waals surface area contributed by atoms with E-state index in [9.17, 15) is 20.1 Å². The minimum atomic E-state index is -0.764. The maximum absolute atomic E-state index is 12.0. The highest BCUT2D eigenvalue weighted by atomic mass is 16.3. The molecule has 0 radical (unpaired) electrons. The van der Waals surface area contributed by atoms with Gasteiger partial charge in [0.15, 0.2) is 0 Å². The second-order valence-corrected chi connectivity index (χ2v) is 8.78. The molecule has 0 saturated heterocycles. The molecule has 1 aromatic carbocycles. The SMILES string of the molecule is CCCCCCCCCCCCC[C@@H](O)C[C@@H](O)CC(=O)CCc1ccc(O)cc1. The van der Waals surface area contributed by atoms with E-state index >= 15 is 0 Å². The standard InChI is InChI=1S/C26H44O4/c1-2-3-4-5-6-7-8-9-10-11-12-13-24(28)20-26(30)21-25(29)19-16-22-14-17-23(27)18-15-22/h14-15,17-18,24,26-28,30H,2-13,16,19-21H2,1H3/t24-,26-/m1/s1. The minimum Gasteiger partial charge on any atom is -0.508 e. The molecule has 3 N–H and O–H groups in total. The molecule has 1 rings (SSSR count). The molecule has 4 heteroatoms. The van der Waals surface area contributed by atoms with Crippen LogP contribution in [-0.4, -0.2) is 33.3 Å². The number of ketones is 1. The molecule has 0 amide bonds. The fourth-order valence-electron chi connectivity index (χ4n) is 3.87. The Hall–Kier alpha value is -1.39. The summed E-state index contributed by atoms with van der Waals surface area (Å²) in [5.41, 5.74) is 0.993. The molecule has 30 heavy (non-hydrogen) atoms. The summed E-state index contributed by atoms with van der Waals surface area (Å²) in [4.78, 5) is 12.0. The number of hydrogen-bond donors (Lipinski definition) is 3. The normalized spacial score (nSPS) is 13.3. The Morgan fingerprint density at radius 1 is 0.800 bits per heavy atom. The second-order valence-electron chi connectivity index (χ2n) is 8.78. The lowest BCUT2D eigenvalue weighted by Gasteiger charge is -2.15. The van der Waals surface area contributed by atoms with Crippen molar-refractivity contribution >= 4 is 5.78 Å². The zero-order valence-corrected chi connectivity index (χ0v) is 19.0. The molecule has 0 aliphatic heterocycles. The van der Waals surface area contributed by atoms with Gasteiger partial charge in [0, 0.05) is 12.8 Å². The molecule has 172 valence electrons. The number of hydrogen-bond acceptors (Lipinski definition) is 4. The lowest BCUT2D eigenvalue weighted by molar-refractivity contribution is -0.121. The summed E-state index contributed by atoms with van der Waals surface area (Å²) in [6.07, 6.45) is 14.9. The number of carbonyl (C=O) groups is 1. The van der Waals surface area contributed by atoms with Crippen LogP contribution in [0.25, 0.3) is 0 Å². The number of unbranched alkanes of at least 4 members (excludes halogenated alkanes) is 10. The Morgan fingerprint density at radius 2 is 1.33 bits per heavy atom. The van der Waals surface area contributed by atoms with Gasteiger partial charge in [-0.2, -0.15) is 0 Å². The molecule has 2 atom stereocenters. The molecule has 0 aliphatic carbocycles. The van der Waals surface area contributed by atoms with Gasteiger partial charge in [-0.3, -0.25) is 4.79 Å². The van der Waals surface area contributed by atoms with E-state index in [0.29, 0.717) is 19.3 Å². The van der Waals surface area contributed by atoms with E-state index < -0.39 is 12.2 Å². The lowest BCUT2D eigenvalue weighted by Crippen LogP contribution is -2.21. The van der Waals surface area contributed by atoms with Gasteiger partial charge in [0.1, 0.15) is 11.5 Å². The Morgan fingerprint density at radius 3 is 1.90 bits per heavy atom. The molecule has 0 spiro atoms. The van der Waals surface area contributed by atoms with Gasteiger partial charge in [-0.05, 0) is 37.0 Å². The first-order chi connectivity index (χ1) is 14.5. The fraction of sp³-hybridized carbons (Fsp3) is 0.731. The number of aliphatic hydroxyl groups excluding tert-OH is 2.